The summed E-state index contributed by atoms with van der Waals surface area (Å²) in [5, 5.41) is 4.53. The fourth-order valence-corrected chi connectivity index (χ4v) is 3.83. The molecule has 144 valence electrons. The van der Waals surface area contributed by atoms with Crippen LogP contribution in [0, 0.1) is 11.8 Å². The predicted octanol–water partition coefficient (Wildman–Crippen LogP) is 0.504. The summed E-state index contributed by atoms with van der Waals surface area (Å²) in [5.74, 6) is 6.70. The van der Waals surface area contributed by atoms with E-state index in [1.54, 1.807) is 32.6 Å². The van der Waals surface area contributed by atoms with Gasteiger partial charge in [0.15, 0.2) is 16.3 Å². The third kappa shape index (κ3) is 3.46. The maximum Gasteiger partial charge on any atom is 0.280 e. The minimum absolute atomic E-state index is 0.150. The maximum atomic E-state index is 13.2. The average Bonchev–Trinajstić information content (AvgIpc) is 3.10. The molecule has 1 aliphatic heterocycles. The zero-order chi connectivity index (χ0) is 19.5. The first-order chi connectivity index (χ1) is 13.7. The molecule has 10 heteroatoms. The van der Waals surface area contributed by atoms with Gasteiger partial charge in [-0.2, -0.15) is 4.98 Å². The van der Waals surface area contributed by atoms with E-state index in [9.17, 15) is 4.79 Å². The fraction of sp³-hybridized carbons (Fsp3) is 0.389. The minimum atomic E-state index is -0.150. The molecule has 1 saturated heterocycles. The number of imidazole rings is 1. The first-order valence-corrected chi connectivity index (χ1v) is 9.77. The number of nitrogens with one attached hydrogen (secondary N) is 1. The lowest BCUT2D eigenvalue weighted by Crippen LogP contribution is -2.44. The van der Waals surface area contributed by atoms with Gasteiger partial charge in [0, 0.05) is 45.6 Å². The number of fused-ring (bicyclic) bond motifs is 1. The number of nitrogens with zero attached hydrogens (tertiary/aromatic N) is 7. The van der Waals surface area contributed by atoms with E-state index in [0.717, 1.165) is 32.1 Å². The van der Waals surface area contributed by atoms with Crippen LogP contribution in [0.4, 0.5) is 5.95 Å². The summed E-state index contributed by atoms with van der Waals surface area (Å²) >= 11 is 1.29. The number of hydrogen-bond acceptors (Lipinski definition) is 8. The van der Waals surface area contributed by atoms with Crippen LogP contribution in [0.1, 0.15) is 6.92 Å². The summed E-state index contributed by atoms with van der Waals surface area (Å²) in [5.41, 5.74) is 0.756. The average molecular weight is 396 g/mol. The molecule has 3 aromatic heterocycles. The Morgan fingerprint density at radius 1 is 1.25 bits per heavy atom. The van der Waals surface area contributed by atoms with Gasteiger partial charge in [-0.1, -0.05) is 5.92 Å². The zero-order valence-corrected chi connectivity index (χ0v) is 16.5. The molecule has 0 radical (unpaired) electrons. The number of aromatic nitrogens is 6. The van der Waals surface area contributed by atoms with Gasteiger partial charge in [-0.15, -0.1) is 5.92 Å². The molecule has 0 amide bonds. The fourth-order valence-electron chi connectivity index (χ4n) is 3.07. The van der Waals surface area contributed by atoms with Gasteiger partial charge in [0.05, 0.1) is 12.7 Å². The molecule has 1 fully saturated rings. The van der Waals surface area contributed by atoms with Gasteiger partial charge in [-0.05, 0) is 18.7 Å². The zero-order valence-electron chi connectivity index (χ0n) is 15.7. The molecule has 1 N–H and O–H groups in total. The molecule has 0 bridgehead atoms. The van der Waals surface area contributed by atoms with E-state index in [1.165, 1.54) is 16.3 Å². The summed E-state index contributed by atoms with van der Waals surface area (Å²) < 4.78 is 3.41. The molecule has 0 saturated carbocycles. The Hall–Kier alpha value is -2.90. The van der Waals surface area contributed by atoms with Gasteiger partial charge in [-0.3, -0.25) is 18.9 Å². The van der Waals surface area contributed by atoms with Crippen LogP contribution < -0.4 is 15.8 Å². The molecule has 1 aliphatic rings. The maximum absolute atomic E-state index is 13.2. The molecule has 0 unspecified atom stereocenters. The van der Waals surface area contributed by atoms with Gasteiger partial charge in [0.25, 0.3) is 5.56 Å². The molecule has 0 aromatic carbocycles. The van der Waals surface area contributed by atoms with E-state index >= 15 is 0 Å². The van der Waals surface area contributed by atoms with Crippen molar-refractivity contribution in [2.75, 3.05) is 31.1 Å². The van der Waals surface area contributed by atoms with Crippen LogP contribution in [0.2, 0.25) is 0 Å². The number of anilines is 1. The number of rotatable bonds is 4. The van der Waals surface area contributed by atoms with E-state index in [4.69, 9.17) is 4.98 Å². The summed E-state index contributed by atoms with van der Waals surface area (Å²) in [4.78, 5) is 33.0. The van der Waals surface area contributed by atoms with Crippen molar-refractivity contribution in [3.8, 4) is 11.8 Å². The molecular formula is C18H20N8OS. The van der Waals surface area contributed by atoms with Crippen LogP contribution in [0.15, 0.2) is 33.6 Å². The largest absolute Gasteiger partial charge is 0.340 e. The summed E-state index contributed by atoms with van der Waals surface area (Å²) in [7, 11) is 1.71. The van der Waals surface area contributed by atoms with Crippen molar-refractivity contribution in [2.24, 2.45) is 7.05 Å². The van der Waals surface area contributed by atoms with Gasteiger partial charge < -0.3 is 10.2 Å². The van der Waals surface area contributed by atoms with Crippen molar-refractivity contribution in [3.05, 3.63) is 28.9 Å². The second kappa shape index (κ2) is 8.00. The lowest BCUT2D eigenvalue weighted by molar-refractivity contribution is 0.573. The third-order valence-corrected chi connectivity index (χ3v) is 5.44. The van der Waals surface area contributed by atoms with E-state index in [-0.39, 0.29) is 5.56 Å². The van der Waals surface area contributed by atoms with Crippen molar-refractivity contribution in [1.29, 1.82) is 0 Å². The highest BCUT2D eigenvalue weighted by Gasteiger charge is 2.23. The van der Waals surface area contributed by atoms with Crippen LogP contribution in [0.25, 0.3) is 11.2 Å². The van der Waals surface area contributed by atoms with E-state index < -0.39 is 0 Å². The molecule has 0 aliphatic carbocycles. The Morgan fingerprint density at radius 3 is 2.79 bits per heavy atom. The Morgan fingerprint density at radius 2 is 2.07 bits per heavy atom. The van der Waals surface area contributed by atoms with Crippen LogP contribution >= 0.6 is 11.8 Å². The molecule has 28 heavy (non-hydrogen) atoms. The SMILES string of the molecule is CC#CCn1c(N2CCNCC2)nc2nc(Sc3cnccn3)n(C)c(=O)c21. The third-order valence-electron chi connectivity index (χ3n) is 4.47. The van der Waals surface area contributed by atoms with Crippen molar-refractivity contribution in [1.82, 2.24) is 34.4 Å². The second-order valence-electron chi connectivity index (χ2n) is 6.24. The summed E-state index contributed by atoms with van der Waals surface area (Å²) in [6, 6.07) is 0. The van der Waals surface area contributed by atoms with Gasteiger partial charge >= 0.3 is 0 Å². The topological polar surface area (TPSA) is 93.8 Å². The highest BCUT2D eigenvalue weighted by atomic mass is 32.2. The monoisotopic (exact) mass is 396 g/mol. The van der Waals surface area contributed by atoms with E-state index in [2.05, 4.69) is 37.0 Å². The van der Waals surface area contributed by atoms with Crippen LogP contribution in [-0.2, 0) is 13.6 Å². The molecule has 0 atom stereocenters. The van der Waals surface area contributed by atoms with Gasteiger partial charge in [-0.25, -0.2) is 9.97 Å². The van der Waals surface area contributed by atoms with E-state index in [1.807, 2.05) is 4.57 Å². The Labute approximate surface area is 166 Å². The van der Waals surface area contributed by atoms with Crippen LogP contribution in [-0.4, -0.2) is 55.2 Å². The Kier molecular flexibility index (Phi) is 5.27. The summed E-state index contributed by atoms with van der Waals surface area (Å²) in [6.07, 6.45) is 4.86. The molecule has 4 rings (SSSR count). The predicted molar refractivity (Wildman–Crippen MR) is 107 cm³/mol. The lowest BCUT2D eigenvalue weighted by Gasteiger charge is -2.28. The highest BCUT2D eigenvalue weighted by molar-refractivity contribution is 7.99. The molecular weight excluding hydrogens is 376 g/mol. The van der Waals surface area contributed by atoms with Crippen molar-refractivity contribution in [3.63, 3.8) is 0 Å². The van der Waals surface area contributed by atoms with Crippen LogP contribution in [0.3, 0.4) is 0 Å². The first-order valence-electron chi connectivity index (χ1n) is 8.95. The van der Waals surface area contributed by atoms with Gasteiger partial charge in [0.2, 0.25) is 5.95 Å². The smallest absolute Gasteiger partial charge is 0.280 e. The van der Waals surface area contributed by atoms with Gasteiger partial charge in [0.1, 0.15) is 5.03 Å². The summed E-state index contributed by atoms with van der Waals surface area (Å²) in [6.45, 7) is 5.59. The lowest BCUT2D eigenvalue weighted by atomic mass is 10.4. The van der Waals surface area contributed by atoms with Crippen molar-refractivity contribution < 1.29 is 0 Å². The van der Waals surface area contributed by atoms with Crippen molar-refractivity contribution >= 4 is 28.9 Å². The Balaban J connectivity index is 1.85. The minimum Gasteiger partial charge on any atom is -0.340 e. The Bertz CT molecular complexity index is 1110. The van der Waals surface area contributed by atoms with E-state index in [0.29, 0.717) is 27.9 Å². The standard InChI is InChI=1S/C18H20N8OS/c1-3-4-9-26-14-15(22-17(26)25-10-7-19-8-11-25)23-18(24(2)16(14)27)28-13-12-20-5-6-21-13/h5-6,12,19H,7-11H2,1-2H3. The highest BCUT2D eigenvalue weighted by Crippen LogP contribution is 2.25. The molecule has 0 spiro atoms. The number of piperazine rings is 1. The number of hydrogen-bond donors (Lipinski definition) is 1. The molecule has 9 nitrogen and oxygen atoms in total. The second-order valence-corrected chi connectivity index (χ2v) is 7.23. The quantitative estimate of drug-likeness (QED) is 0.504. The molecule has 3 aromatic rings. The van der Waals surface area contributed by atoms with Crippen LogP contribution in [0.5, 0.6) is 0 Å². The first kappa shape index (κ1) is 18.5. The molecule has 4 heterocycles. The normalized spacial score (nSPS) is 14.1. The van der Waals surface area contributed by atoms with Crippen molar-refractivity contribution in [2.45, 2.75) is 23.7 Å².